The first-order valence-corrected chi connectivity index (χ1v) is 6.83. The van der Waals surface area contributed by atoms with E-state index in [1.165, 1.54) is 6.42 Å². The van der Waals surface area contributed by atoms with Gasteiger partial charge in [0.15, 0.2) is 0 Å². The molecule has 18 heavy (non-hydrogen) atoms. The molecule has 1 aromatic rings. The Labute approximate surface area is 109 Å². The highest BCUT2D eigenvalue weighted by molar-refractivity contribution is 5.93. The SMILES string of the molecule is CCCCOc1ccc(NC(=O)C2CCC2)cc1. The van der Waals surface area contributed by atoms with Crippen molar-refractivity contribution >= 4 is 11.6 Å². The van der Waals surface area contributed by atoms with Crippen LogP contribution in [0.1, 0.15) is 39.0 Å². The molecule has 1 aliphatic rings. The minimum Gasteiger partial charge on any atom is -0.494 e. The van der Waals surface area contributed by atoms with Gasteiger partial charge in [-0.2, -0.15) is 0 Å². The first kappa shape index (κ1) is 12.9. The molecule has 1 aliphatic carbocycles. The predicted octanol–water partition coefficient (Wildman–Crippen LogP) is 3.60. The summed E-state index contributed by atoms with van der Waals surface area (Å²) in [6.07, 6.45) is 5.45. The van der Waals surface area contributed by atoms with E-state index in [-0.39, 0.29) is 11.8 Å². The maximum absolute atomic E-state index is 11.7. The summed E-state index contributed by atoms with van der Waals surface area (Å²) in [5, 5.41) is 2.94. The second-order valence-electron chi connectivity index (χ2n) is 4.84. The van der Waals surface area contributed by atoms with Crippen molar-refractivity contribution < 1.29 is 9.53 Å². The largest absolute Gasteiger partial charge is 0.494 e. The zero-order valence-corrected chi connectivity index (χ0v) is 10.9. The van der Waals surface area contributed by atoms with Gasteiger partial charge in [-0.05, 0) is 43.5 Å². The van der Waals surface area contributed by atoms with E-state index in [0.717, 1.165) is 43.7 Å². The van der Waals surface area contributed by atoms with Gasteiger partial charge in [0, 0.05) is 11.6 Å². The third-order valence-electron chi connectivity index (χ3n) is 3.36. The molecule has 0 aromatic heterocycles. The Balaban J connectivity index is 1.81. The molecule has 1 aromatic carbocycles. The van der Waals surface area contributed by atoms with Gasteiger partial charge in [0.05, 0.1) is 6.61 Å². The smallest absolute Gasteiger partial charge is 0.227 e. The second kappa shape index (κ2) is 6.43. The van der Waals surface area contributed by atoms with E-state index in [4.69, 9.17) is 4.74 Å². The van der Waals surface area contributed by atoms with E-state index in [2.05, 4.69) is 12.2 Å². The van der Waals surface area contributed by atoms with Crippen LogP contribution in [-0.2, 0) is 4.79 Å². The number of hydrogen-bond donors (Lipinski definition) is 1. The van der Waals surface area contributed by atoms with Crippen LogP contribution in [0.25, 0.3) is 0 Å². The molecule has 3 heteroatoms. The normalized spacial score (nSPS) is 14.9. The number of carbonyl (C=O) groups is 1. The van der Waals surface area contributed by atoms with Crippen molar-refractivity contribution in [3.05, 3.63) is 24.3 Å². The van der Waals surface area contributed by atoms with Crippen LogP contribution in [0.2, 0.25) is 0 Å². The highest BCUT2D eigenvalue weighted by atomic mass is 16.5. The molecular weight excluding hydrogens is 226 g/mol. The quantitative estimate of drug-likeness (QED) is 0.780. The predicted molar refractivity (Wildman–Crippen MR) is 72.8 cm³/mol. The number of nitrogens with one attached hydrogen (secondary N) is 1. The molecule has 98 valence electrons. The Bertz CT molecular complexity index is 382. The molecule has 0 unspecified atom stereocenters. The number of amides is 1. The fourth-order valence-electron chi connectivity index (χ4n) is 1.88. The van der Waals surface area contributed by atoms with Crippen LogP contribution in [0.4, 0.5) is 5.69 Å². The topological polar surface area (TPSA) is 38.3 Å². The molecule has 0 bridgehead atoms. The lowest BCUT2D eigenvalue weighted by Gasteiger charge is -2.24. The zero-order chi connectivity index (χ0) is 12.8. The van der Waals surface area contributed by atoms with Gasteiger partial charge in [0.1, 0.15) is 5.75 Å². The van der Waals surface area contributed by atoms with Crippen molar-refractivity contribution in [2.45, 2.75) is 39.0 Å². The minimum absolute atomic E-state index is 0.154. The van der Waals surface area contributed by atoms with Gasteiger partial charge in [-0.15, -0.1) is 0 Å². The number of hydrogen-bond acceptors (Lipinski definition) is 2. The van der Waals surface area contributed by atoms with Crippen molar-refractivity contribution in [2.24, 2.45) is 5.92 Å². The molecule has 1 fully saturated rings. The van der Waals surface area contributed by atoms with Gasteiger partial charge in [-0.1, -0.05) is 19.8 Å². The van der Waals surface area contributed by atoms with Crippen molar-refractivity contribution in [3.8, 4) is 5.75 Å². The van der Waals surface area contributed by atoms with E-state index in [0.29, 0.717) is 0 Å². The van der Waals surface area contributed by atoms with Crippen molar-refractivity contribution in [3.63, 3.8) is 0 Å². The van der Waals surface area contributed by atoms with Crippen LogP contribution in [0.15, 0.2) is 24.3 Å². The number of benzene rings is 1. The minimum atomic E-state index is 0.154. The van der Waals surface area contributed by atoms with E-state index >= 15 is 0 Å². The lowest BCUT2D eigenvalue weighted by atomic mass is 9.85. The van der Waals surface area contributed by atoms with Gasteiger partial charge in [0.25, 0.3) is 0 Å². The van der Waals surface area contributed by atoms with Crippen LogP contribution < -0.4 is 10.1 Å². The van der Waals surface area contributed by atoms with Crippen LogP contribution in [-0.4, -0.2) is 12.5 Å². The molecule has 0 spiro atoms. The van der Waals surface area contributed by atoms with Gasteiger partial charge < -0.3 is 10.1 Å². The number of rotatable bonds is 6. The lowest BCUT2D eigenvalue weighted by Crippen LogP contribution is -2.27. The highest BCUT2D eigenvalue weighted by Crippen LogP contribution is 2.27. The summed E-state index contributed by atoms with van der Waals surface area (Å²) in [5.41, 5.74) is 0.856. The van der Waals surface area contributed by atoms with E-state index < -0.39 is 0 Å². The summed E-state index contributed by atoms with van der Waals surface area (Å²) in [6, 6.07) is 7.62. The van der Waals surface area contributed by atoms with Crippen LogP contribution in [0.3, 0.4) is 0 Å². The average molecular weight is 247 g/mol. The monoisotopic (exact) mass is 247 g/mol. The molecule has 1 N–H and O–H groups in total. The zero-order valence-electron chi connectivity index (χ0n) is 10.9. The third kappa shape index (κ3) is 3.49. The summed E-state index contributed by atoms with van der Waals surface area (Å²) in [7, 11) is 0. The summed E-state index contributed by atoms with van der Waals surface area (Å²) < 4.78 is 5.57. The molecule has 0 atom stereocenters. The average Bonchev–Trinajstić information content (AvgIpc) is 2.29. The Morgan fingerprint density at radius 2 is 2.06 bits per heavy atom. The third-order valence-corrected chi connectivity index (χ3v) is 3.36. The molecule has 1 saturated carbocycles. The van der Waals surface area contributed by atoms with Gasteiger partial charge in [-0.25, -0.2) is 0 Å². The van der Waals surface area contributed by atoms with Gasteiger partial charge in [0.2, 0.25) is 5.91 Å². The van der Waals surface area contributed by atoms with Gasteiger partial charge in [-0.3, -0.25) is 4.79 Å². The molecular formula is C15H21NO2. The molecule has 1 amide bonds. The fourth-order valence-corrected chi connectivity index (χ4v) is 1.88. The molecule has 0 heterocycles. The summed E-state index contributed by atoms with van der Waals surface area (Å²) >= 11 is 0. The summed E-state index contributed by atoms with van der Waals surface area (Å²) in [6.45, 7) is 2.90. The van der Waals surface area contributed by atoms with E-state index in [1.807, 2.05) is 24.3 Å². The molecule has 3 nitrogen and oxygen atoms in total. The van der Waals surface area contributed by atoms with Crippen LogP contribution in [0.5, 0.6) is 5.75 Å². The second-order valence-corrected chi connectivity index (χ2v) is 4.84. The van der Waals surface area contributed by atoms with E-state index in [1.54, 1.807) is 0 Å². The van der Waals surface area contributed by atoms with Crippen LogP contribution >= 0.6 is 0 Å². The highest BCUT2D eigenvalue weighted by Gasteiger charge is 2.24. The maximum atomic E-state index is 11.7. The summed E-state index contributed by atoms with van der Waals surface area (Å²) in [5.74, 6) is 1.25. The number of ether oxygens (including phenoxy) is 1. The molecule has 0 aliphatic heterocycles. The number of unbranched alkanes of at least 4 members (excludes halogenated alkanes) is 1. The van der Waals surface area contributed by atoms with Crippen molar-refractivity contribution in [1.82, 2.24) is 0 Å². The van der Waals surface area contributed by atoms with Crippen LogP contribution in [0, 0.1) is 5.92 Å². The number of carbonyl (C=O) groups excluding carboxylic acids is 1. The summed E-state index contributed by atoms with van der Waals surface area (Å²) in [4.78, 5) is 11.7. The molecule has 0 saturated heterocycles. The maximum Gasteiger partial charge on any atom is 0.227 e. The first-order chi connectivity index (χ1) is 8.79. The lowest BCUT2D eigenvalue weighted by molar-refractivity contribution is -0.122. The van der Waals surface area contributed by atoms with Gasteiger partial charge >= 0.3 is 0 Å². The van der Waals surface area contributed by atoms with E-state index in [9.17, 15) is 4.79 Å². The number of anilines is 1. The Kier molecular flexibility index (Phi) is 4.62. The standard InChI is InChI=1S/C15H21NO2/c1-2-3-11-18-14-9-7-13(8-10-14)16-15(17)12-5-4-6-12/h7-10,12H,2-6,11H2,1H3,(H,16,17). The van der Waals surface area contributed by atoms with Crippen molar-refractivity contribution in [2.75, 3.05) is 11.9 Å². The Morgan fingerprint density at radius 3 is 2.61 bits per heavy atom. The molecule has 2 rings (SSSR count). The van der Waals surface area contributed by atoms with Crippen molar-refractivity contribution in [1.29, 1.82) is 0 Å². The Hall–Kier alpha value is -1.51. The molecule has 0 radical (unpaired) electrons. The fraction of sp³-hybridized carbons (Fsp3) is 0.533. The Morgan fingerprint density at radius 1 is 1.33 bits per heavy atom. The first-order valence-electron chi connectivity index (χ1n) is 6.83.